The fourth-order valence-corrected chi connectivity index (χ4v) is 7.58. The summed E-state index contributed by atoms with van der Waals surface area (Å²) in [5, 5.41) is 35.1. The van der Waals surface area contributed by atoms with Gasteiger partial charge in [-0.25, -0.2) is 9.59 Å². The predicted molar refractivity (Wildman–Crippen MR) is 202 cm³/mol. The summed E-state index contributed by atoms with van der Waals surface area (Å²) in [4.78, 5) is 56.4. The summed E-state index contributed by atoms with van der Waals surface area (Å²) in [5.74, 6) is -2.86. The highest BCUT2D eigenvalue weighted by Gasteiger charge is 2.64. The highest BCUT2D eigenvalue weighted by atomic mass is 35.5. The number of alkyl carbamates (subject to hydrolysis) is 1. The first-order valence-electron chi connectivity index (χ1n) is 17.9. The highest BCUT2D eigenvalue weighted by Crippen LogP contribution is 2.49. The number of ether oxygens (including phenoxy) is 3. The van der Waals surface area contributed by atoms with Crippen LogP contribution >= 0.6 is 23.4 Å². The minimum absolute atomic E-state index is 0.0897. The Balaban J connectivity index is 1.73. The second kappa shape index (κ2) is 17.5. The van der Waals surface area contributed by atoms with Crippen molar-refractivity contribution in [3.63, 3.8) is 0 Å². The van der Waals surface area contributed by atoms with Crippen LogP contribution in [-0.4, -0.2) is 112 Å². The molecule has 2 saturated heterocycles. The van der Waals surface area contributed by atoms with E-state index in [0.29, 0.717) is 24.1 Å². The number of hydrogen-bond acceptors (Lipinski definition) is 11. The van der Waals surface area contributed by atoms with Gasteiger partial charge in [0.15, 0.2) is 5.72 Å². The van der Waals surface area contributed by atoms with E-state index in [2.05, 4.69) is 5.32 Å². The van der Waals surface area contributed by atoms with Gasteiger partial charge in [0.05, 0.1) is 36.4 Å². The summed E-state index contributed by atoms with van der Waals surface area (Å²) >= 11 is 8.37. The van der Waals surface area contributed by atoms with Gasteiger partial charge in [-0.2, -0.15) is 11.8 Å². The fraction of sp³-hybridized carbons (Fsp3) is 0.632. The Kier molecular flexibility index (Phi) is 14.1. The van der Waals surface area contributed by atoms with Gasteiger partial charge in [-0.05, 0) is 57.1 Å². The smallest absolute Gasteiger partial charge is 0.409 e. The number of epoxide rings is 1. The third kappa shape index (κ3) is 9.76. The van der Waals surface area contributed by atoms with Crippen molar-refractivity contribution >= 4 is 52.9 Å². The summed E-state index contributed by atoms with van der Waals surface area (Å²) in [7, 11) is 3.09. The number of rotatable bonds is 9. The molecule has 53 heavy (non-hydrogen) atoms. The molecular weight excluding hydrogens is 726 g/mol. The second-order valence-electron chi connectivity index (χ2n) is 14.7. The topological polar surface area (TPSA) is 178 Å². The number of esters is 1. The van der Waals surface area contributed by atoms with Crippen LogP contribution in [0, 0.1) is 11.8 Å². The third-order valence-corrected chi connectivity index (χ3v) is 12.4. The molecule has 3 heterocycles. The van der Waals surface area contributed by atoms with E-state index in [9.17, 15) is 34.5 Å². The van der Waals surface area contributed by atoms with E-state index in [-0.39, 0.29) is 42.0 Å². The minimum Gasteiger partial charge on any atom is -0.457 e. The van der Waals surface area contributed by atoms with E-state index in [4.69, 9.17) is 25.8 Å². The normalized spacial score (nSPS) is 31.9. The lowest BCUT2D eigenvalue weighted by molar-refractivity contribution is -0.162. The van der Waals surface area contributed by atoms with Crippen LogP contribution in [0.1, 0.15) is 71.4 Å². The van der Waals surface area contributed by atoms with Gasteiger partial charge in [-0.15, -0.1) is 0 Å². The Morgan fingerprint density at radius 2 is 1.94 bits per heavy atom. The van der Waals surface area contributed by atoms with Crippen molar-refractivity contribution in [3.05, 3.63) is 52.1 Å². The Hall–Kier alpha value is -3.14. The number of benzene rings is 1. The molecule has 1 unspecified atom stereocenters. The van der Waals surface area contributed by atoms with Gasteiger partial charge < -0.3 is 39.3 Å². The first-order chi connectivity index (χ1) is 24.9. The lowest BCUT2D eigenvalue weighted by Gasteiger charge is -2.42. The maximum atomic E-state index is 14.1. The Morgan fingerprint density at radius 3 is 2.58 bits per heavy atom. The molecule has 4 bridgehead atoms. The van der Waals surface area contributed by atoms with E-state index in [0.717, 1.165) is 11.1 Å². The van der Waals surface area contributed by atoms with Crippen LogP contribution in [-0.2, 0) is 41.6 Å². The molecule has 4 rings (SSSR count). The van der Waals surface area contributed by atoms with Gasteiger partial charge in [0, 0.05) is 44.0 Å². The molecule has 1 aromatic rings. The van der Waals surface area contributed by atoms with Crippen LogP contribution < -0.4 is 10.2 Å². The SMILES string of the molecule is CSC(C)CCC(=O)N(C)[C@@H](C)C(=O)O[C@H]1CC(=O)N(C)c2cc(cc(CO)c2Cl)C/C(C)=C/C=C/[C@@H](CO)[C@@]2(O)C[C@H](OC(=O)N2)[C@@H](C)[C@@H]2O[C@@]12C. The largest absolute Gasteiger partial charge is 0.457 e. The molecule has 0 radical (unpaired) electrons. The number of fused-ring (bicyclic) bond motifs is 5. The van der Waals surface area contributed by atoms with Gasteiger partial charge >= 0.3 is 12.1 Å². The van der Waals surface area contributed by atoms with Crippen molar-refractivity contribution in [2.45, 2.75) is 114 Å². The summed E-state index contributed by atoms with van der Waals surface area (Å²) < 4.78 is 17.9. The van der Waals surface area contributed by atoms with Crippen LogP contribution in [0.4, 0.5) is 10.5 Å². The molecule has 9 atom stereocenters. The maximum absolute atomic E-state index is 14.1. The first-order valence-corrected chi connectivity index (χ1v) is 19.6. The van der Waals surface area contributed by atoms with Crippen molar-refractivity contribution in [2.75, 3.05) is 31.9 Å². The number of aliphatic hydroxyl groups excluding tert-OH is 2. The molecule has 0 aromatic heterocycles. The number of allylic oxidation sites excluding steroid dienone is 3. The van der Waals surface area contributed by atoms with E-state index >= 15 is 0 Å². The van der Waals surface area contributed by atoms with Gasteiger partial charge in [-0.1, -0.05) is 55.3 Å². The molecule has 3 aliphatic rings. The Labute approximate surface area is 321 Å². The summed E-state index contributed by atoms with van der Waals surface area (Å²) in [5.41, 5.74) is -0.691. The van der Waals surface area contributed by atoms with Gasteiger partial charge in [0.1, 0.15) is 23.9 Å². The number of aliphatic hydroxyl groups is 3. The van der Waals surface area contributed by atoms with Crippen LogP contribution in [0.5, 0.6) is 0 Å². The number of likely N-dealkylation sites (N-methyl/N-ethyl adjacent to an activating group) is 1. The molecule has 3 amide bonds. The number of amides is 3. The summed E-state index contributed by atoms with van der Waals surface area (Å²) in [6.45, 7) is 8.10. The van der Waals surface area contributed by atoms with E-state index in [1.807, 2.05) is 26.2 Å². The highest BCUT2D eigenvalue weighted by molar-refractivity contribution is 7.99. The average molecular weight is 780 g/mol. The number of thioether (sulfide) groups is 1. The van der Waals surface area contributed by atoms with Crippen molar-refractivity contribution < 1.29 is 48.7 Å². The zero-order valence-corrected chi connectivity index (χ0v) is 33.3. The quantitative estimate of drug-likeness (QED) is 0.209. The molecule has 3 aliphatic heterocycles. The standard InChI is InChI=1S/C38H54ClN3O10S/c1-21-10-9-11-27(20-44)38(49)18-29(50-36(48)40-38)23(3)34-37(5,52-34)30(51-35(47)24(4)41(6)31(45)13-12-22(2)53-8)17-32(46)42(7)28-16-25(14-21)15-26(19-43)33(28)39/h9-11,15-16,22-24,27,29-30,34,43-44,49H,12-14,17-20H2,1-8H3,(H,40,48)/b11-9+,21-10+/t22?,23-,24+,27+,29+,30+,34+,37+,38+/m1/s1. The van der Waals surface area contributed by atoms with Crippen LogP contribution in [0.15, 0.2) is 35.9 Å². The molecule has 15 heteroatoms. The monoisotopic (exact) mass is 779 g/mol. The van der Waals surface area contributed by atoms with E-state index < -0.39 is 72.1 Å². The van der Waals surface area contributed by atoms with Crippen molar-refractivity contribution in [3.8, 4) is 0 Å². The zero-order chi connectivity index (χ0) is 39.4. The minimum atomic E-state index is -1.86. The summed E-state index contributed by atoms with van der Waals surface area (Å²) in [6.07, 6.45) is 4.38. The lowest BCUT2D eigenvalue weighted by Crippen LogP contribution is -2.62. The Morgan fingerprint density at radius 1 is 1.25 bits per heavy atom. The number of carbonyl (C=O) groups excluding carboxylic acids is 4. The van der Waals surface area contributed by atoms with Gasteiger partial charge in [0.25, 0.3) is 0 Å². The van der Waals surface area contributed by atoms with Crippen LogP contribution in [0.25, 0.3) is 0 Å². The number of nitrogens with one attached hydrogen (secondary N) is 1. The van der Waals surface area contributed by atoms with Crippen molar-refractivity contribution in [2.24, 2.45) is 11.8 Å². The second-order valence-corrected chi connectivity index (χ2v) is 16.4. The van der Waals surface area contributed by atoms with Gasteiger partial charge in [0.2, 0.25) is 11.8 Å². The van der Waals surface area contributed by atoms with E-state index in [1.165, 1.54) is 16.8 Å². The zero-order valence-electron chi connectivity index (χ0n) is 31.8. The predicted octanol–water partition coefficient (Wildman–Crippen LogP) is 4.12. The Bertz CT molecular complexity index is 1610. The molecule has 0 aliphatic carbocycles. The van der Waals surface area contributed by atoms with Gasteiger partial charge in [-0.3, -0.25) is 14.9 Å². The number of carbonyl (C=O) groups is 4. The number of anilines is 1. The average Bonchev–Trinajstić information content (AvgIpc) is 3.82. The molecular formula is C38H54ClN3O10S. The molecule has 4 N–H and O–H groups in total. The molecule has 13 nitrogen and oxygen atoms in total. The third-order valence-electron chi connectivity index (χ3n) is 10.9. The van der Waals surface area contributed by atoms with Crippen molar-refractivity contribution in [1.82, 2.24) is 10.2 Å². The lowest BCUT2D eigenvalue weighted by atomic mass is 9.81. The molecule has 0 spiro atoms. The fourth-order valence-electron chi connectivity index (χ4n) is 6.93. The molecule has 2 fully saturated rings. The van der Waals surface area contributed by atoms with E-state index in [1.54, 1.807) is 63.9 Å². The summed E-state index contributed by atoms with van der Waals surface area (Å²) in [6, 6.07) is 2.53. The number of nitrogens with zero attached hydrogens (tertiary/aromatic N) is 2. The first kappa shape index (κ1) is 42.6. The molecule has 294 valence electrons. The maximum Gasteiger partial charge on any atom is 0.409 e. The molecule has 0 saturated carbocycles. The van der Waals surface area contributed by atoms with Crippen molar-refractivity contribution in [1.29, 1.82) is 0 Å². The number of halogens is 1. The van der Waals surface area contributed by atoms with Crippen LogP contribution in [0.2, 0.25) is 5.02 Å². The molecule has 1 aromatic carbocycles. The van der Waals surface area contributed by atoms with Crippen LogP contribution in [0.3, 0.4) is 0 Å². The number of hydrogen-bond donors (Lipinski definition) is 4.